The zero-order valence-corrected chi connectivity index (χ0v) is 10.9. The van der Waals surface area contributed by atoms with Gasteiger partial charge in [-0.2, -0.15) is 0 Å². The summed E-state index contributed by atoms with van der Waals surface area (Å²) < 4.78 is 13.0. The molecular formula is C13H16FN5. The topological polar surface area (TPSA) is 75.9 Å². The molecule has 19 heavy (non-hydrogen) atoms. The molecule has 0 aliphatic rings. The molecule has 0 aliphatic carbocycles. The van der Waals surface area contributed by atoms with Crippen LogP contribution in [0.1, 0.15) is 18.3 Å². The van der Waals surface area contributed by atoms with E-state index in [1.54, 1.807) is 12.1 Å². The second kappa shape index (κ2) is 5.62. The SMILES string of the molecule is CCc1nc(NN)cc(Nc2ccc(F)cc2C)n1. The standard InChI is InChI=1S/C13H16FN5/c1-3-11-17-12(7-13(18-11)19-15)16-10-5-4-9(14)6-8(10)2/h4-7H,3,15H2,1-2H3,(H2,16,17,18,19). The van der Waals surface area contributed by atoms with Gasteiger partial charge in [-0.3, -0.25) is 0 Å². The summed E-state index contributed by atoms with van der Waals surface area (Å²) >= 11 is 0. The maximum atomic E-state index is 13.0. The first-order valence-electron chi connectivity index (χ1n) is 6.00. The largest absolute Gasteiger partial charge is 0.340 e. The summed E-state index contributed by atoms with van der Waals surface area (Å²) in [7, 11) is 0. The Morgan fingerprint density at radius 1 is 1.21 bits per heavy atom. The Kier molecular flexibility index (Phi) is 3.91. The monoisotopic (exact) mass is 261 g/mol. The molecule has 1 heterocycles. The number of hydrogen-bond acceptors (Lipinski definition) is 5. The van der Waals surface area contributed by atoms with Gasteiger partial charge in [-0.25, -0.2) is 20.2 Å². The molecule has 0 amide bonds. The molecule has 2 aromatic rings. The Morgan fingerprint density at radius 2 is 1.95 bits per heavy atom. The average molecular weight is 261 g/mol. The number of nitrogen functional groups attached to an aromatic ring is 1. The number of benzene rings is 1. The highest BCUT2D eigenvalue weighted by Crippen LogP contribution is 2.21. The summed E-state index contributed by atoms with van der Waals surface area (Å²) in [5.74, 6) is 6.94. The number of halogens is 1. The third kappa shape index (κ3) is 3.17. The van der Waals surface area contributed by atoms with E-state index in [1.165, 1.54) is 12.1 Å². The normalized spacial score (nSPS) is 10.3. The molecule has 0 atom stereocenters. The van der Waals surface area contributed by atoms with Crippen molar-refractivity contribution in [3.8, 4) is 0 Å². The molecule has 0 aliphatic heterocycles. The van der Waals surface area contributed by atoms with Crippen LogP contribution >= 0.6 is 0 Å². The van der Waals surface area contributed by atoms with Crippen molar-refractivity contribution in [1.29, 1.82) is 0 Å². The van der Waals surface area contributed by atoms with Crippen LogP contribution in [0.3, 0.4) is 0 Å². The number of rotatable bonds is 4. The van der Waals surface area contributed by atoms with Crippen molar-refractivity contribution in [3.63, 3.8) is 0 Å². The lowest BCUT2D eigenvalue weighted by Gasteiger charge is -2.11. The second-order valence-electron chi connectivity index (χ2n) is 4.14. The Morgan fingerprint density at radius 3 is 2.58 bits per heavy atom. The van der Waals surface area contributed by atoms with Gasteiger partial charge in [0, 0.05) is 18.2 Å². The molecule has 100 valence electrons. The Hall–Kier alpha value is -2.21. The summed E-state index contributed by atoms with van der Waals surface area (Å²) in [6.07, 6.45) is 0.701. The van der Waals surface area contributed by atoms with E-state index >= 15 is 0 Å². The van der Waals surface area contributed by atoms with Crippen molar-refractivity contribution in [2.75, 3.05) is 10.7 Å². The minimum Gasteiger partial charge on any atom is -0.340 e. The number of nitrogens with zero attached hydrogens (tertiary/aromatic N) is 2. The van der Waals surface area contributed by atoms with Crippen LogP contribution in [0, 0.1) is 12.7 Å². The molecule has 4 N–H and O–H groups in total. The molecular weight excluding hydrogens is 245 g/mol. The quantitative estimate of drug-likeness (QED) is 0.582. The molecule has 0 spiro atoms. The first-order chi connectivity index (χ1) is 9.12. The summed E-state index contributed by atoms with van der Waals surface area (Å²) in [4.78, 5) is 8.55. The molecule has 0 saturated heterocycles. The molecule has 2 rings (SSSR count). The third-order valence-corrected chi connectivity index (χ3v) is 2.69. The van der Waals surface area contributed by atoms with Gasteiger partial charge in [-0.15, -0.1) is 0 Å². The zero-order chi connectivity index (χ0) is 13.8. The van der Waals surface area contributed by atoms with Crippen LogP contribution in [0.5, 0.6) is 0 Å². The molecule has 1 aromatic carbocycles. The molecule has 0 radical (unpaired) electrons. The van der Waals surface area contributed by atoms with Crippen LogP contribution in [0.4, 0.5) is 21.7 Å². The molecule has 0 saturated carbocycles. The summed E-state index contributed by atoms with van der Waals surface area (Å²) in [5.41, 5.74) is 4.10. The van der Waals surface area contributed by atoms with E-state index in [9.17, 15) is 4.39 Å². The molecule has 0 bridgehead atoms. The van der Waals surface area contributed by atoms with E-state index in [-0.39, 0.29) is 5.82 Å². The van der Waals surface area contributed by atoms with Crippen molar-refractivity contribution in [2.24, 2.45) is 5.84 Å². The minimum atomic E-state index is -0.260. The van der Waals surface area contributed by atoms with Crippen LogP contribution in [-0.2, 0) is 6.42 Å². The van der Waals surface area contributed by atoms with Gasteiger partial charge < -0.3 is 10.7 Å². The number of nitrogens with one attached hydrogen (secondary N) is 2. The van der Waals surface area contributed by atoms with E-state index in [4.69, 9.17) is 5.84 Å². The van der Waals surface area contributed by atoms with Gasteiger partial charge in [0.05, 0.1) is 0 Å². The molecule has 6 heteroatoms. The van der Waals surface area contributed by atoms with Crippen LogP contribution in [-0.4, -0.2) is 9.97 Å². The summed E-state index contributed by atoms with van der Waals surface area (Å²) in [6.45, 7) is 3.79. The second-order valence-corrected chi connectivity index (χ2v) is 4.14. The number of anilines is 3. The molecule has 5 nitrogen and oxygen atoms in total. The fraction of sp³-hybridized carbons (Fsp3) is 0.231. The molecule has 0 unspecified atom stereocenters. The fourth-order valence-electron chi connectivity index (χ4n) is 1.70. The van der Waals surface area contributed by atoms with E-state index in [0.717, 1.165) is 11.3 Å². The lowest BCUT2D eigenvalue weighted by molar-refractivity contribution is 0.627. The lowest BCUT2D eigenvalue weighted by atomic mass is 10.2. The van der Waals surface area contributed by atoms with Crippen molar-refractivity contribution in [2.45, 2.75) is 20.3 Å². The van der Waals surface area contributed by atoms with Gasteiger partial charge in [-0.05, 0) is 30.7 Å². The fourth-order valence-corrected chi connectivity index (χ4v) is 1.70. The van der Waals surface area contributed by atoms with Gasteiger partial charge in [0.1, 0.15) is 23.3 Å². The highest BCUT2D eigenvalue weighted by Gasteiger charge is 2.05. The van der Waals surface area contributed by atoms with Crippen molar-refractivity contribution in [3.05, 3.63) is 41.5 Å². The van der Waals surface area contributed by atoms with Crippen LogP contribution in [0.2, 0.25) is 0 Å². The minimum absolute atomic E-state index is 0.260. The van der Waals surface area contributed by atoms with Gasteiger partial charge in [0.25, 0.3) is 0 Å². The van der Waals surface area contributed by atoms with Crippen molar-refractivity contribution < 1.29 is 4.39 Å². The number of nitrogens with two attached hydrogens (primary N) is 1. The Labute approximate surface area is 111 Å². The average Bonchev–Trinajstić information content (AvgIpc) is 2.41. The van der Waals surface area contributed by atoms with Crippen molar-refractivity contribution >= 4 is 17.3 Å². The van der Waals surface area contributed by atoms with Gasteiger partial charge in [-0.1, -0.05) is 6.92 Å². The van der Waals surface area contributed by atoms with Crippen molar-refractivity contribution in [1.82, 2.24) is 9.97 Å². The van der Waals surface area contributed by atoms with Gasteiger partial charge in [0.15, 0.2) is 0 Å². The van der Waals surface area contributed by atoms with E-state index in [0.29, 0.717) is 23.9 Å². The summed E-state index contributed by atoms with van der Waals surface area (Å²) in [6, 6.07) is 6.24. The highest BCUT2D eigenvalue weighted by molar-refractivity contribution is 5.62. The van der Waals surface area contributed by atoms with Crippen LogP contribution < -0.4 is 16.6 Å². The first kappa shape index (κ1) is 13.2. The number of aromatic nitrogens is 2. The number of hydrogen-bond donors (Lipinski definition) is 3. The predicted molar refractivity (Wildman–Crippen MR) is 73.6 cm³/mol. The smallest absolute Gasteiger partial charge is 0.145 e. The molecule has 0 fully saturated rings. The molecule has 1 aromatic heterocycles. The van der Waals surface area contributed by atoms with Crippen LogP contribution in [0.15, 0.2) is 24.3 Å². The zero-order valence-electron chi connectivity index (χ0n) is 10.9. The van der Waals surface area contributed by atoms with E-state index in [1.807, 2.05) is 13.8 Å². The Balaban J connectivity index is 2.31. The van der Waals surface area contributed by atoms with Gasteiger partial charge >= 0.3 is 0 Å². The maximum Gasteiger partial charge on any atom is 0.145 e. The Bertz CT molecular complexity index is 563. The number of aryl methyl sites for hydroxylation is 2. The first-order valence-corrected chi connectivity index (χ1v) is 6.00. The van der Waals surface area contributed by atoms with Crippen LogP contribution in [0.25, 0.3) is 0 Å². The maximum absolute atomic E-state index is 13.0. The predicted octanol–water partition coefficient (Wildman–Crippen LogP) is 2.52. The number of hydrazine groups is 1. The lowest BCUT2D eigenvalue weighted by Crippen LogP contribution is -2.11. The van der Waals surface area contributed by atoms with E-state index < -0.39 is 0 Å². The van der Waals surface area contributed by atoms with Gasteiger partial charge in [0.2, 0.25) is 0 Å². The highest BCUT2D eigenvalue weighted by atomic mass is 19.1. The summed E-state index contributed by atoms with van der Waals surface area (Å²) in [5, 5.41) is 3.14. The van der Waals surface area contributed by atoms with E-state index in [2.05, 4.69) is 20.7 Å². The third-order valence-electron chi connectivity index (χ3n) is 2.69.